The van der Waals surface area contributed by atoms with Crippen molar-refractivity contribution in [2.45, 2.75) is 32.0 Å². The van der Waals surface area contributed by atoms with E-state index in [1.807, 2.05) is 18.2 Å². The molecule has 0 spiro atoms. The molecule has 1 N–H and O–H groups in total. The van der Waals surface area contributed by atoms with Gasteiger partial charge in [0.2, 0.25) is 0 Å². The normalized spacial score (nSPS) is 13.9. The van der Waals surface area contributed by atoms with Gasteiger partial charge in [-0.25, -0.2) is 4.98 Å². The third kappa shape index (κ3) is 4.12. The van der Waals surface area contributed by atoms with Crippen molar-refractivity contribution in [1.29, 1.82) is 0 Å². The molecule has 0 bridgehead atoms. The number of benzene rings is 1. The van der Waals surface area contributed by atoms with Gasteiger partial charge in [0.1, 0.15) is 11.8 Å². The first-order valence-electron chi connectivity index (χ1n) is 7.38. The molecule has 1 heterocycles. The molecule has 2 aromatic rings. The van der Waals surface area contributed by atoms with E-state index in [0.717, 1.165) is 23.6 Å². The summed E-state index contributed by atoms with van der Waals surface area (Å²) in [6.07, 6.45) is 4.28. The van der Waals surface area contributed by atoms with Crippen LogP contribution in [0.25, 0.3) is 0 Å². The molecule has 1 aromatic carbocycles. The first-order valence-corrected chi connectivity index (χ1v) is 7.76. The molecule has 1 aliphatic rings. The largest absolute Gasteiger partial charge is 0.493 e. The molecule has 116 valence electrons. The highest BCUT2D eigenvalue weighted by Crippen LogP contribution is 2.29. The molecule has 22 heavy (non-hydrogen) atoms. The number of halogens is 1. The van der Waals surface area contributed by atoms with Crippen molar-refractivity contribution in [2.24, 2.45) is 0 Å². The highest BCUT2D eigenvalue weighted by molar-refractivity contribution is 6.29. The van der Waals surface area contributed by atoms with Gasteiger partial charge in [0.05, 0.1) is 7.11 Å². The van der Waals surface area contributed by atoms with E-state index in [1.165, 1.54) is 18.4 Å². The Morgan fingerprint density at radius 3 is 2.68 bits per heavy atom. The lowest BCUT2D eigenvalue weighted by atomic mass is 10.2. The quantitative estimate of drug-likeness (QED) is 0.793. The Morgan fingerprint density at radius 2 is 2.00 bits per heavy atom. The van der Waals surface area contributed by atoms with E-state index in [1.54, 1.807) is 19.4 Å². The molecule has 1 fully saturated rings. The second-order valence-electron chi connectivity index (χ2n) is 5.42. The molecule has 0 amide bonds. The number of methoxy groups -OCH3 is 1. The number of aromatic nitrogens is 1. The van der Waals surface area contributed by atoms with E-state index in [2.05, 4.69) is 16.4 Å². The van der Waals surface area contributed by atoms with Gasteiger partial charge in [0.25, 0.3) is 0 Å². The number of hydrogen-bond acceptors (Lipinski definition) is 4. The van der Waals surface area contributed by atoms with Gasteiger partial charge in [-0.3, -0.25) is 0 Å². The minimum absolute atomic E-state index is 0.431. The molecule has 0 unspecified atom stereocenters. The van der Waals surface area contributed by atoms with Crippen LogP contribution in [-0.2, 0) is 13.2 Å². The van der Waals surface area contributed by atoms with E-state index < -0.39 is 0 Å². The first kappa shape index (κ1) is 15.1. The van der Waals surface area contributed by atoms with Gasteiger partial charge in [0, 0.05) is 24.3 Å². The van der Waals surface area contributed by atoms with Crippen molar-refractivity contribution in [1.82, 2.24) is 10.3 Å². The fourth-order valence-electron chi connectivity index (χ4n) is 2.14. The van der Waals surface area contributed by atoms with Crippen molar-refractivity contribution in [3.8, 4) is 11.5 Å². The van der Waals surface area contributed by atoms with Crippen LogP contribution in [-0.4, -0.2) is 18.1 Å². The van der Waals surface area contributed by atoms with Crippen LogP contribution in [0, 0.1) is 0 Å². The van der Waals surface area contributed by atoms with Crippen molar-refractivity contribution >= 4 is 11.6 Å². The number of nitrogens with zero attached hydrogens (tertiary/aromatic N) is 1. The molecule has 1 aromatic heterocycles. The minimum atomic E-state index is 0.431. The molecule has 0 saturated heterocycles. The fraction of sp³-hybridized carbons (Fsp3) is 0.353. The molecule has 1 aliphatic carbocycles. The third-order valence-corrected chi connectivity index (χ3v) is 3.81. The number of hydrogen-bond donors (Lipinski definition) is 1. The van der Waals surface area contributed by atoms with E-state index >= 15 is 0 Å². The topological polar surface area (TPSA) is 43.4 Å². The van der Waals surface area contributed by atoms with Crippen LogP contribution in [0.2, 0.25) is 5.15 Å². The van der Waals surface area contributed by atoms with Crippen LogP contribution in [0.4, 0.5) is 0 Å². The Bertz CT molecular complexity index is 627. The van der Waals surface area contributed by atoms with Gasteiger partial charge >= 0.3 is 0 Å². The molecule has 1 saturated carbocycles. The summed E-state index contributed by atoms with van der Waals surface area (Å²) in [5.74, 6) is 1.48. The van der Waals surface area contributed by atoms with Gasteiger partial charge in [-0.15, -0.1) is 0 Å². The van der Waals surface area contributed by atoms with Gasteiger partial charge in [-0.05, 0) is 36.6 Å². The summed E-state index contributed by atoms with van der Waals surface area (Å²) in [5.41, 5.74) is 2.16. The monoisotopic (exact) mass is 318 g/mol. The fourth-order valence-corrected chi connectivity index (χ4v) is 2.26. The first-order chi connectivity index (χ1) is 10.7. The van der Waals surface area contributed by atoms with Gasteiger partial charge < -0.3 is 14.8 Å². The lowest BCUT2D eigenvalue weighted by molar-refractivity contribution is 0.284. The Kier molecular flexibility index (Phi) is 4.80. The van der Waals surface area contributed by atoms with Gasteiger partial charge in [-0.1, -0.05) is 23.7 Å². The summed E-state index contributed by atoms with van der Waals surface area (Å²) in [5, 5.41) is 3.97. The Balaban J connectivity index is 1.62. The Hall–Kier alpha value is -1.78. The lowest BCUT2D eigenvalue weighted by Crippen LogP contribution is -2.15. The van der Waals surface area contributed by atoms with Crippen LogP contribution >= 0.6 is 11.6 Å². The zero-order chi connectivity index (χ0) is 15.4. The lowest BCUT2D eigenvalue weighted by Gasteiger charge is -2.12. The van der Waals surface area contributed by atoms with Gasteiger partial charge in [0.15, 0.2) is 11.5 Å². The van der Waals surface area contributed by atoms with E-state index in [4.69, 9.17) is 21.1 Å². The second kappa shape index (κ2) is 6.99. The van der Waals surface area contributed by atoms with Crippen molar-refractivity contribution in [3.63, 3.8) is 0 Å². The van der Waals surface area contributed by atoms with E-state index in [9.17, 15) is 0 Å². The van der Waals surface area contributed by atoms with Gasteiger partial charge in [-0.2, -0.15) is 0 Å². The smallest absolute Gasteiger partial charge is 0.161 e. The zero-order valence-corrected chi connectivity index (χ0v) is 13.3. The average Bonchev–Trinajstić information content (AvgIpc) is 3.37. The Labute approximate surface area is 135 Å². The zero-order valence-electron chi connectivity index (χ0n) is 12.5. The third-order valence-electron chi connectivity index (χ3n) is 3.58. The molecule has 5 heteroatoms. The van der Waals surface area contributed by atoms with E-state index in [-0.39, 0.29) is 0 Å². The SMILES string of the molecule is COc1cc(CNC2CC2)ccc1OCc1ccc(Cl)nc1. The summed E-state index contributed by atoms with van der Waals surface area (Å²) in [7, 11) is 1.66. The molecular formula is C17H19ClN2O2. The van der Waals surface area contributed by atoms with Crippen molar-refractivity contribution < 1.29 is 9.47 Å². The number of pyridine rings is 1. The van der Waals surface area contributed by atoms with E-state index in [0.29, 0.717) is 17.8 Å². The average molecular weight is 319 g/mol. The number of rotatable bonds is 7. The second-order valence-corrected chi connectivity index (χ2v) is 5.81. The summed E-state index contributed by atoms with van der Waals surface area (Å²) < 4.78 is 11.2. The molecular weight excluding hydrogens is 300 g/mol. The maximum atomic E-state index is 5.82. The molecule has 4 nitrogen and oxygen atoms in total. The highest BCUT2D eigenvalue weighted by Gasteiger charge is 2.20. The predicted octanol–water partition coefficient (Wildman–Crippen LogP) is 3.57. The van der Waals surface area contributed by atoms with Crippen LogP contribution in [0.5, 0.6) is 11.5 Å². The van der Waals surface area contributed by atoms with Crippen molar-refractivity contribution in [2.75, 3.05) is 7.11 Å². The molecule has 0 radical (unpaired) electrons. The maximum Gasteiger partial charge on any atom is 0.161 e. The van der Waals surface area contributed by atoms with Crippen LogP contribution in [0.15, 0.2) is 36.5 Å². The van der Waals surface area contributed by atoms with Crippen molar-refractivity contribution in [3.05, 3.63) is 52.8 Å². The van der Waals surface area contributed by atoms with Crippen LogP contribution in [0.1, 0.15) is 24.0 Å². The molecule has 0 atom stereocenters. The molecule has 0 aliphatic heterocycles. The van der Waals surface area contributed by atoms with Crippen LogP contribution in [0.3, 0.4) is 0 Å². The van der Waals surface area contributed by atoms with Crippen LogP contribution < -0.4 is 14.8 Å². The summed E-state index contributed by atoms with van der Waals surface area (Å²) in [4.78, 5) is 4.04. The predicted molar refractivity (Wildman–Crippen MR) is 86.4 cm³/mol. The standard InChI is InChI=1S/C17H19ClN2O2/c1-21-16-8-12(9-19-14-4-5-14)2-6-15(16)22-11-13-3-7-17(18)20-10-13/h2-3,6-8,10,14,19H,4-5,9,11H2,1H3. The highest BCUT2D eigenvalue weighted by atomic mass is 35.5. The minimum Gasteiger partial charge on any atom is -0.493 e. The molecule has 3 rings (SSSR count). The number of ether oxygens (including phenoxy) is 2. The number of nitrogens with one attached hydrogen (secondary N) is 1. The summed E-state index contributed by atoms with van der Waals surface area (Å²) >= 11 is 5.77. The maximum absolute atomic E-state index is 5.82. The summed E-state index contributed by atoms with van der Waals surface area (Å²) in [6.45, 7) is 1.29. The summed E-state index contributed by atoms with van der Waals surface area (Å²) in [6, 6.07) is 10.4. The Morgan fingerprint density at radius 1 is 1.18 bits per heavy atom.